The average molecular weight is 260 g/mol. The van der Waals surface area contributed by atoms with Crippen molar-refractivity contribution in [1.29, 1.82) is 0 Å². The number of aromatic nitrogens is 2. The number of fused-ring (bicyclic) bond motifs is 1. The largest absolute Gasteiger partial charge is 0.494 e. The van der Waals surface area contributed by atoms with E-state index < -0.39 is 12.0 Å². The molecule has 2 rings (SSSR count). The Morgan fingerprint density at radius 2 is 1.67 bits per heavy atom. The van der Waals surface area contributed by atoms with Gasteiger partial charge < -0.3 is 14.0 Å². The number of benzene rings is 1. The van der Waals surface area contributed by atoms with Gasteiger partial charge in [0.15, 0.2) is 0 Å². The van der Waals surface area contributed by atoms with Crippen molar-refractivity contribution in [3.63, 3.8) is 0 Å². The van der Waals surface area contributed by atoms with Crippen LogP contribution in [0.4, 0.5) is 13.2 Å². The first-order chi connectivity index (χ1) is 8.40. The molecule has 1 aromatic carbocycles. The highest BCUT2D eigenvalue weighted by Gasteiger charge is 2.37. The molecular weight excluding hydrogens is 249 g/mol. The van der Waals surface area contributed by atoms with Gasteiger partial charge in [0.05, 0.1) is 14.2 Å². The molecular formula is C11H11F3N2O2. The summed E-state index contributed by atoms with van der Waals surface area (Å²) in [6, 6.07) is 3.07. The number of rotatable bonds is 2. The Morgan fingerprint density at radius 3 is 2.17 bits per heavy atom. The minimum atomic E-state index is -4.52. The minimum Gasteiger partial charge on any atom is -0.494 e. The van der Waals surface area contributed by atoms with Crippen LogP contribution in [0, 0.1) is 0 Å². The smallest absolute Gasteiger partial charge is 0.449 e. The molecule has 0 amide bonds. The third-order valence-electron chi connectivity index (χ3n) is 2.64. The second-order valence-electron chi connectivity index (χ2n) is 3.66. The van der Waals surface area contributed by atoms with Crippen LogP contribution in [0.25, 0.3) is 11.0 Å². The van der Waals surface area contributed by atoms with Gasteiger partial charge in [0.2, 0.25) is 5.82 Å². The number of halogens is 3. The number of alkyl halides is 3. The van der Waals surface area contributed by atoms with Crippen molar-refractivity contribution in [2.75, 3.05) is 14.2 Å². The zero-order chi connectivity index (χ0) is 13.5. The summed E-state index contributed by atoms with van der Waals surface area (Å²) < 4.78 is 49.4. The highest BCUT2D eigenvalue weighted by Crippen LogP contribution is 2.37. The van der Waals surface area contributed by atoms with Crippen LogP contribution < -0.4 is 9.47 Å². The molecule has 0 spiro atoms. The van der Waals surface area contributed by atoms with Gasteiger partial charge in [0, 0.05) is 7.05 Å². The molecule has 7 heteroatoms. The number of ether oxygens (including phenoxy) is 2. The molecule has 0 N–H and O–H groups in total. The SMILES string of the molecule is COc1ccc(OC)c2c1nc(C(F)(F)F)n2C. The molecule has 4 nitrogen and oxygen atoms in total. The lowest BCUT2D eigenvalue weighted by Crippen LogP contribution is -2.12. The first kappa shape index (κ1) is 12.5. The predicted molar refractivity (Wildman–Crippen MR) is 58.8 cm³/mol. The minimum absolute atomic E-state index is 0.131. The molecule has 0 fully saturated rings. The van der Waals surface area contributed by atoms with E-state index in [9.17, 15) is 13.2 Å². The highest BCUT2D eigenvalue weighted by atomic mass is 19.4. The molecule has 0 saturated carbocycles. The van der Waals surface area contributed by atoms with Gasteiger partial charge in [0.1, 0.15) is 22.5 Å². The van der Waals surface area contributed by atoms with Crippen molar-refractivity contribution in [2.24, 2.45) is 7.05 Å². The molecule has 1 aromatic heterocycles. The van der Waals surface area contributed by atoms with Crippen LogP contribution in [-0.2, 0) is 13.2 Å². The van der Waals surface area contributed by atoms with Crippen LogP contribution in [0.2, 0.25) is 0 Å². The van der Waals surface area contributed by atoms with Crippen LogP contribution in [0.15, 0.2) is 12.1 Å². The lowest BCUT2D eigenvalue weighted by Gasteiger charge is -2.08. The lowest BCUT2D eigenvalue weighted by atomic mass is 10.2. The molecule has 0 aliphatic rings. The molecule has 0 radical (unpaired) electrons. The fourth-order valence-electron chi connectivity index (χ4n) is 1.84. The van der Waals surface area contributed by atoms with Crippen LogP contribution in [-0.4, -0.2) is 23.8 Å². The molecule has 0 bridgehead atoms. The number of hydrogen-bond acceptors (Lipinski definition) is 3. The Balaban J connectivity index is 2.85. The molecule has 0 aliphatic heterocycles. The molecule has 1 heterocycles. The van der Waals surface area contributed by atoms with Crippen LogP contribution >= 0.6 is 0 Å². The van der Waals surface area contributed by atoms with Gasteiger partial charge in [-0.15, -0.1) is 0 Å². The first-order valence-corrected chi connectivity index (χ1v) is 5.04. The maximum Gasteiger partial charge on any atom is 0.449 e. The van der Waals surface area contributed by atoms with Crippen molar-refractivity contribution in [1.82, 2.24) is 9.55 Å². The van der Waals surface area contributed by atoms with Gasteiger partial charge in [-0.3, -0.25) is 0 Å². The van der Waals surface area contributed by atoms with Gasteiger partial charge in [-0.2, -0.15) is 13.2 Å². The van der Waals surface area contributed by atoms with E-state index in [0.29, 0.717) is 5.75 Å². The van der Waals surface area contributed by atoms with E-state index in [1.54, 1.807) is 6.07 Å². The number of nitrogens with zero attached hydrogens (tertiary/aromatic N) is 2. The summed E-state index contributed by atoms with van der Waals surface area (Å²) in [7, 11) is 4.06. The van der Waals surface area contributed by atoms with Crippen LogP contribution in [0.5, 0.6) is 11.5 Å². The Kier molecular flexibility index (Phi) is 2.84. The zero-order valence-electron chi connectivity index (χ0n) is 10.00. The van der Waals surface area contributed by atoms with Gasteiger partial charge in [-0.1, -0.05) is 0 Å². The van der Waals surface area contributed by atoms with Crippen molar-refractivity contribution < 1.29 is 22.6 Å². The zero-order valence-corrected chi connectivity index (χ0v) is 10.00. The van der Waals surface area contributed by atoms with Gasteiger partial charge in [0.25, 0.3) is 0 Å². The van der Waals surface area contributed by atoms with Crippen LogP contribution in [0.3, 0.4) is 0 Å². The Hall–Kier alpha value is -1.92. The molecule has 0 saturated heterocycles. The predicted octanol–water partition coefficient (Wildman–Crippen LogP) is 2.61. The molecule has 2 aromatic rings. The third kappa shape index (κ3) is 1.75. The lowest BCUT2D eigenvalue weighted by molar-refractivity contribution is -0.146. The number of aryl methyl sites for hydroxylation is 1. The number of methoxy groups -OCH3 is 2. The van der Waals surface area contributed by atoms with E-state index in [4.69, 9.17) is 9.47 Å². The fraction of sp³-hybridized carbons (Fsp3) is 0.364. The fourth-order valence-corrected chi connectivity index (χ4v) is 1.84. The van der Waals surface area contributed by atoms with Crippen molar-refractivity contribution in [3.8, 4) is 11.5 Å². The summed E-state index contributed by atoms with van der Waals surface area (Å²) >= 11 is 0. The monoisotopic (exact) mass is 260 g/mol. The first-order valence-electron chi connectivity index (χ1n) is 5.04. The van der Waals surface area contributed by atoms with E-state index in [0.717, 1.165) is 4.57 Å². The molecule has 0 unspecified atom stereocenters. The van der Waals surface area contributed by atoms with Crippen LogP contribution in [0.1, 0.15) is 5.82 Å². The van der Waals surface area contributed by atoms with Crippen molar-refractivity contribution >= 4 is 11.0 Å². The second kappa shape index (κ2) is 4.08. The molecule has 98 valence electrons. The molecule has 0 aliphatic carbocycles. The molecule has 18 heavy (non-hydrogen) atoms. The number of imidazole rings is 1. The van der Waals surface area contributed by atoms with Gasteiger partial charge in [-0.25, -0.2) is 4.98 Å². The summed E-state index contributed by atoms with van der Waals surface area (Å²) in [4.78, 5) is 3.60. The Bertz CT molecular complexity index is 590. The standard InChI is InChI=1S/C11H11F3N2O2/c1-16-9-7(18-3)5-4-6(17-2)8(9)15-10(16)11(12,13)14/h4-5H,1-3H3. The van der Waals surface area contributed by atoms with Gasteiger partial charge >= 0.3 is 6.18 Å². The third-order valence-corrected chi connectivity index (χ3v) is 2.64. The van der Waals surface area contributed by atoms with Gasteiger partial charge in [-0.05, 0) is 12.1 Å². The highest BCUT2D eigenvalue weighted by molar-refractivity contribution is 5.88. The average Bonchev–Trinajstić information content (AvgIpc) is 2.66. The van der Waals surface area contributed by atoms with E-state index in [2.05, 4.69) is 4.98 Å². The van der Waals surface area contributed by atoms with Crippen molar-refractivity contribution in [3.05, 3.63) is 18.0 Å². The normalized spacial score (nSPS) is 11.9. The maximum atomic E-state index is 12.8. The maximum absolute atomic E-state index is 12.8. The van der Waals surface area contributed by atoms with E-state index in [1.807, 2.05) is 0 Å². The second-order valence-corrected chi connectivity index (χ2v) is 3.66. The van der Waals surface area contributed by atoms with E-state index in [-0.39, 0.29) is 16.8 Å². The van der Waals surface area contributed by atoms with Crippen molar-refractivity contribution in [2.45, 2.75) is 6.18 Å². The van der Waals surface area contributed by atoms with E-state index >= 15 is 0 Å². The molecule has 0 atom stereocenters. The Labute approximate surface area is 101 Å². The quantitative estimate of drug-likeness (QED) is 0.832. The van der Waals surface area contributed by atoms with E-state index in [1.165, 1.54) is 27.3 Å². The summed E-state index contributed by atoms with van der Waals surface area (Å²) in [6.45, 7) is 0. The summed E-state index contributed by atoms with van der Waals surface area (Å²) in [5.41, 5.74) is 0.385. The topological polar surface area (TPSA) is 36.3 Å². The Morgan fingerprint density at radius 1 is 1.11 bits per heavy atom. The summed E-state index contributed by atoms with van der Waals surface area (Å²) in [5.74, 6) is -0.395. The summed E-state index contributed by atoms with van der Waals surface area (Å²) in [6.07, 6.45) is -4.52. The number of hydrogen-bond donors (Lipinski definition) is 0. The summed E-state index contributed by atoms with van der Waals surface area (Å²) in [5, 5.41) is 0.